The minimum atomic E-state index is -0.0122. The fourth-order valence-electron chi connectivity index (χ4n) is 4.82. The first-order chi connectivity index (χ1) is 16.5. The Morgan fingerprint density at radius 2 is 1.85 bits per heavy atom. The highest BCUT2D eigenvalue weighted by Crippen LogP contribution is 2.23. The third kappa shape index (κ3) is 5.94. The Bertz CT molecular complexity index is 964. The average Bonchev–Trinajstić information content (AvgIpc) is 3.34. The molecular weight excluding hydrogens is 434 g/mol. The molecule has 1 aromatic heterocycles. The molecule has 2 amide bonds. The predicted octanol–water partition coefficient (Wildman–Crippen LogP) is 2.76. The standard InChI is InChI=1S/C25H35N5O4/c1-28(19-8-4-3-5-9-19)24(31)13-12-23-26-22(27-34-23)18-29-14-16-30(17-15-29)25(32)20-10-6-7-11-21(20)33-2/h6-7,10-11,19H,3-5,8-9,12-18H2,1-2H3. The number of piperazine rings is 1. The van der Waals surface area contributed by atoms with Crippen LogP contribution in [-0.4, -0.2) is 83.0 Å². The van der Waals surface area contributed by atoms with Crippen molar-refractivity contribution < 1.29 is 18.8 Å². The third-order valence-electron chi connectivity index (χ3n) is 6.94. The molecule has 0 atom stereocenters. The number of ether oxygens (including phenoxy) is 1. The fraction of sp³-hybridized carbons (Fsp3) is 0.600. The van der Waals surface area contributed by atoms with Crippen molar-refractivity contribution >= 4 is 11.8 Å². The van der Waals surface area contributed by atoms with E-state index in [2.05, 4.69) is 15.0 Å². The van der Waals surface area contributed by atoms with E-state index in [0.717, 1.165) is 25.9 Å². The van der Waals surface area contributed by atoms with Crippen LogP contribution in [0.4, 0.5) is 0 Å². The first-order valence-corrected chi connectivity index (χ1v) is 12.3. The minimum Gasteiger partial charge on any atom is -0.496 e. The first kappa shape index (κ1) is 24.2. The van der Waals surface area contributed by atoms with Crippen molar-refractivity contribution in [2.75, 3.05) is 40.3 Å². The van der Waals surface area contributed by atoms with E-state index in [1.165, 1.54) is 19.3 Å². The predicted molar refractivity (Wildman–Crippen MR) is 126 cm³/mol. The Kier molecular flexibility index (Phi) is 8.16. The Hall–Kier alpha value is -2.94. The summed E-state index contributed by atoms with van der Waals surface area (Å²) in [4.78, 5) is 35.9. The van der Waals surface area contributed by atoms with Crippen LogP contribution in [0.25, 0.3) is 0 Å². The van der Waals surface area contributed by atoms with Gasteiger partial charge in [0.15, 0.2) is 5.82 Å². The van der Waals surface area contributed by atoms with Crippen molar-refractivity contribution in [1.82, 2.24) is 24.8 Å². The Labute approximate surface area is 201 Å². The molecule has 2 fully saturated rings. The number of benzene rings is 1. The lowest BCUT2D eigenvalue weighted by Gasteiger charge is -2.34. The van der Waals surface area contributed by atoms with E-state index >= 15 is 0 Å². The lowest BCUT2D eigenvalue weighted by Crippen LogP contribution is -2.48. The second kappa shape index (κ2) is 11.5. The molecule has 9 heteroatoms. The molecule has 2 aromatic rings. The quantitative estimate of drug-likeness (QED) is 0.587. The number of carbonyl (C=O) groups excluding carboxylic acids is 2. The number of nitrogens with zero attached hydrogens (tertiary/aromatic N) is 5. The zero-order chi connectivity index (χ0) is 23.9. The van der Waals surface area contributed by atoms with Gasteiger partial charge in [-0.1, -0.05) is 36.6 Å². The molecule has 1 aliphatic heterocycles. The summed E-state index contributed by atoms with van der Waals surface area (Å²) in [6.45, 7) is 3.29. The summed E-state index contributed by atoms with van der Waals surface area (Å²) in [5.74, 6) is 1.85. The Balaban J connectivity index is 1.22. The molecular formula is C25H35N5O4. The second-order valence-corrected chi connectivity index (χ2v) is 9.17. The highest BCUT2D eigenvalue weighted by Gasteiger charge is 2.25. The van der Waals surface area contributed by atoms with Crippen molar-refractivity contribution in [2.24, 2.45) is 0 Å². The van der Waals surface area contributed by atoms with E-state index in [9.17, 15) is 9.59 Å². The maximum Gasteiger partial charge on any atom is 0.257 e. The van der Waals surface area contributed by atoms with Gasteiger partial charge in [0, 0.05) is 52.1 Å². The second-order valence-electron chi connectivity index (χ2n) is 9.17. The van der Waals surface area contributed by atoms with Crippen molar-refractivity contribution in [3.05, 3.63) is 41.5 Å². The van der Waals surface area contributed by atoms with E-state index in [1.807, 2.05) is 29.0 Å². The molecule has 2 aliphatic rings. The normalized spacial score (nSPS) is 17.5. The number of amides is 2. The minimum absolute atomic E-state index is 0.0122. The molecule has 1 saturated carbocycles. The number of aromatic nitrogens is 2. The van der Waals surface area contributed by atoms with Crippen LogP contribution in [0, 0.1) is 0 Å². The third-order valence-corrected chi connectivity index (χ3v) is 6.94. The highest BCUT2D eigenvalue weighted by molar-refractivity contribution is 5.97. The van der Waals surface area contributed by atoms with Crippen LogP contribution in [0.3, 0.4) is 0 Å². The van der Waals surface area contributed by atoms with Gasteiger partial charge < -0.3 is 19.1 Å². The number of hydrogen-bond donors (Lipinski definition) is 0. The molecule has 0 N–H and O–H groups in total. The number of methoxy groups -OCH3 is 1. The summed E-state index contributed by atoms with van der Waals surface area (Å²) in [7, 11) is 3.49. The van der Waals surface area contributed by atoms with Gasteiger partial charge in [-0.2, -0.15) is 4.98 Å². The lowest BCUT2D eigenvalue weighted by atomic mass is 9.94. The average molecular weight is 470 g/mol. The van der Waals surface area contributed by atoms with Gasteiger partial charge in [0.25, 0.3) is 5.91 Å². The summed E-state index contributed by atoms with van der Waals surface area (Å²) >= 11 is 0. The molecule has 34 heavy (non-hydrogen) atoms. The monoisotopic (exact) mass is 469 g/mol. The topological polar surface area (TPSA) is 92.0 Å². The van der Waals surface area contributed by atoms with Gasteiger partial charge in [-0.05, 0) is 25.0 Å². The number of carbonyl (C=O) groups is 2. The first-order valence-electron chi connectivity index (χ1n) is 12.3. The Morgan fingerprint density at radius 3 is 2.59 bits per heavy atom. The van der Waals surface area contributed by atoms with E-state index in [1.54, 1.807) is 19.2 Å². The summed E-state index contributed by atoms with van der Waals surface area (Å²) in [6.07, 6.45) is 6.74. The summed E-state index contributed by atoms with van der Waals surface area (Å²) in [5, 5.41) is 4.10. The number of hydrogen-bond acceptors (Lipinski definition) is 7. The molecule has 1 saturated heterocycles. The van der Waals surface area contributed by atoms with Crippen LogP contribution < -0.4 is 4.74 Å². The van der Waals surface area contributed by atoms with Gasteiger partial charge in [-0.15, -0.1) is 0 Å². The molecule has 2 heterocycles. The van der Waals surface area contributed by atoms with Crippen LogP contribution in [0.5, 0.6) is 5.75 Å². The largest absolute Gasteiger partial charge is 0.496 e. The number of aryl methyl sites for hydroxylation is 1. The van der Waals surface area contributed by atoms with Gasteiger partial charge in [0.2, 0.25) is 11.8 Å². The number of rotatable bonds is 8. The highest BCUT2D eigenvalue weighted by atomic mass is 16.5. The van der Waals surface area contributed by atoms with E-state index in [0.29, 0.717) is 61.5 Å². The van der Waals surface area contributed by atoms with Crippen LogP contribution in [-0.2, 0) is 17.8 Å². The fourth-order valence-corrected chi connectivity index (χ4v) is 4.82. The van der Waals surface area contributed by atoms with E-state index < -0.39 is 0 Å². The van der Waals surface area contributed by atoms with Gasteiger partial charge in [-0.3, -0.25) is 14.5 Å². The van der Waals surface area contributed by atoms with Gasteiger partial charge >= 0.3 is 0 Å². The Morgan fingerprint density at radius 1 is 1.12 bits per heavy atom. The van der Waals surface area contributed by atoms with Gasteiger partial charge in [0.1, 0.15) is 5.75 Å². The maximum atomic E-state index is 12.9. The van der Waals surface area contributed by atoms with Crippen molar-refractivity contribution in [2.45, 2.75) is 57.5 Å². The van der Waals surface area contributed by atoms with E-state index in [-0.39, 0.29) is 11.8 Å². The number of para-hydroxylation sites is 1. The molecule has 9 nitrogen and oxygen atoms in total. The molecule has 4 rings (SSSR count). The van der Waals surface area contributed by atoms with Crippen LogP contribution in [0.2, 0.25) is 0 Å². The molecule has 0 unspecified atom stereocenters. The van der Waals surface area contributed by atoms with Gasteiger partial charge in [-0.25, -0.2) is 0 Å². The van der Waals surface area contributed by atoms with E-state index in [4.69, 9.17) is 9.26 Å². The zero-order valence-electron chi connectivity index (χ0n) is 20.2. The molecule has 1 aliphatic carbocycles. The molecule has 0 spiro atoms. The summed E-state index contributed by atoms with van der Waals surface area (Å²) in [6, 6.07) is 7.68. The SMILES string of the molecule is COc1ccccc1C(=O)N1CCN(Cc2noc(CCC(=O)N(C)C3CCCCC3)n2)CC1. The molecule has 0 bridgehead atoms. The van der Waals surface area contributed by atoms with Gasteiger partial charge in [0.05, 0.1) is 19.2 Å². The van der Waals surface area contributed by atoms with Crippen molar-refractivity contribution in [3.8, 4) is 5.75 Å². The van der Waals surface area contributed by atoms with Crippen LogP contribution in [0.1, 0.15) is 60.6 Å². The molecule has 1 aromatic carbocycles. The van der Waals surface area contributed by atoms with Crippen molar-refractivity contribution in [3.63, 3.8) is 0 Å². The van der Waals surface area contributed by atoms with Crippen LogP contribution in [0.15, 0.2) is 28.8 Å². The zero-order valence-corrected chi connectivity index (χ0v) is 20.2. The molecule has 184 valence electrons. The van der Waals surface area contributed by atoms with Crippen LogP contribution >= 0.6 is 0 Å². The summed E-state index contributed by atoms with van der Waals surface area (Å²) in [5.41, 5.74) is 0.588. The smallest absolute Gasteiger partial charge is 0.257 e. The molecule has 0 radical (unpaired) electrons. The van der Waals surface area contributed by atoms with Crippen molar-refractivity contribution in [1.29, 1.82) is 0 Å². The maximum absolute atomic E-state index is 12.9. The summed E-state index contributed by atoms with van der Waals surface area (Å²) < 4.78 is 10.7. The lowest BCUT2D eigenvalue weighted by molar-refractivity contribution is -0.132.